The van der Waals surface area contributed by atoms with Gasteiger partial charge >= 0.3 is 0 Å². The highest BCUT2D eigenvalue weighted by Crippen LogP contribution is 2.39. The van der Waals surface area contributed by atoms with Crippen LogP contribution in [0.15, 0.2) is 36.4 Å². The molecule has 0 spiro atoms. The fourth-order valence-corrected chi connectivity index (χ4v) is 2.54. The van der Waals surface area contributed by atoms with Crippen molar-refractivity contribution in [2.24, 2.45) is 0 Å². The summed E-state index contributed by atoms with van der Waals surface area (Å²) in [5.74, 6) is 0.725. The molecule has 1 aromatic heterocycles. The molecule has 0 atom stereocenters. The number of hydrogen-bond acceptors (Lipinski definition) is 2. The Morgan fingerprint density at radius 3 is 2.60 bits per heavy atom. The van der Waals surface area contributed by atoms with Crippen molar-refractivity contribution in [3.8, 4) is 0 Å². The zero-order chi connectivity index (χ0) is 13.9. The summed E-state index contributed by atoms with van der Waals surface area (Å²) in [6.07, 6.45) is 2.62. The Hall–Kier alpha value is -1.61. The van der Waals surface area contributed by atoms with Gasteiger partial charge in [-0.05, 0) is 38.3 Å². The van der Waals surface area contributed by atoms with Crippen molar-refractivity contribution in [2.75, 3.05) is 0 Å². The van der Waals surface area contributed by atoms with Gasteiger partial charge in [-0.3, -0.25) is 4.68 Å². The van der Waals surface area contributed by atoms with Crippen LogP contribution in [0.4, 0.5) is 0 Å². The molecule has 3 nitrogen and oxygen atoms in total. The molecule has 106 valence electrons. The molecule has 1 aromatic carbocycles. The average molecular weight is 269 g/mol. The van der Waals surface area contributed by atoms with Crippen LogP contribution in [-0.4, -0.2) is 9.78 Å². The SMILES string of the molecule is CC(C)n1nc(C2CC2)cc1CNCc1ccccc1. The van der Waals surface area contributed by atoms with Gasteiger partial charge in [0.1, 0.15) is 0 Å². The summed E-state index contributed by atoms with van der Waals surface area (Å²) < 4.78 is 2.17. The minimum Gasteiger partial charge on any atom is -0.307 e. The first kappa shape index (κ1) is 13.4. The fraction of sp³-hybridized carbons (Fsp3) is 0.471. The first-order chi connectivity index (χ1) is 9.74. The molecular weight excluding hydrogens is 246 g/mol. The molecule has 3 heteroatoms. The van der Waals surface area contributed by atoms with Crippen LogP contribution >= 0.6 is 0 Å². The van der Waals surface area contributed by atoms with Gasteiger partial charge in [0, 0.05) is 25.0 Å². The maximum Gasteiger partial charge on any atom is 0.0659 e. The van der Waals surface area contributed by atoms with E-state index in [0.29, 0.717) is 6.04 Å². The van der Waals surface area contributed by atoms with Crippen LogP contribution in [0.3, 0.4) is 0 Å². The first-order valence-electron chi connectivity index (χ1n) is 7.57. The van der Waals surface area contributed by atoms with Crippen molar-refractivity contribution in [3.63, 3.8) is 0 Å². The summed E-state index contributed by atoms with van der Waals surface area (Å²) in [7, 11) is 0. The molecule has 0 bridgehead atoms. The van der Waals surface area contributed by atoms with Gasteiger partial charge in [-0.2, -0.15) is 5.10 Å². The van der Waals surface area contributed by atoms with E-state index in [1.54, 1.807) is 0 Å². The van der Waals surface area contributed by atoms with Crippen LogP contribution in [-0.2, 0) is 13.1 Å². The molecule has 1 aliphatic rings. The van der Waals surface area contributed by atoms with E-state index in [-0.39, 0.29) is 0 Å². The minimum atomic E-state index is 0.427. The molecule has 0 unspecified atom stereocenters. The van der Waals surface area contributed by atoms with Crippen molar-refractivity contribution < 1.29 is 0 Å². The molecule has 0 amide bonds. The van der Waals surface area contributed by atoms with Crippen LogP contribution in [0.5, 0.6) is 0 Å². The third kappa shape index (κ3) is 3.10. The molecule has 2 aromatic rings. The van der Waals surface area contributed by atoms with Gasteiger partial charge < -0.3 is 5.32 Å². The summed E-state index contributed by atoms with van der Waals surface area (Å²) in [4.78, 5) is 0. The molecule has 1 saturated carbocycles. The second kappa shape index (κ2) is 5.80. The summed E-state index contributed by atoms with van der Waals surface area (Å²) in [6.45, 7) is 6.18. The minimum absolute atomic E-state index is 0.427. The predicted molar refractivity (Wildman–Crippen MR) is 81.6 cm³/mol. The average Bonchev–Trinajstić information content (AvgIpc) is 3.21. The summed E-state index contributed by atoms with van der Waals surface area (Å²) in [6, 6.07) is 13.2. The van der Waals surface area contributed by atoms with Crippen molar-refractivity contribution in [3.05, 3.63) is 53.3 Å². The molecule has 20 heavy (non-hydrogen) atoms. The fourth-order valence-electron chi connectivity index (χ4n) is 2.54. The highest BCUT2D eigenvalue weighted by molar-refractivity contribution is 5.19. The Kier molecular flexibility index (Phi) is 3.88. The topological polar surface area (TPSA) is 29.9 Å². The lowest BCUT2D eigenvalue weighted by atomic mass is 10.2. The number of nitrogens with zero attached hydrogens (tertiary/aromatic N) is 2. The number of nitrogens with one attached hydrogen (secondary N) is 1. The van der Waals surface area contributed by atoms with Gasteiger partial charge in [0.2, 0.25) is 0 Å². The van der Waals surface area contributed by atoms with Crippen molar-refractivity contribution in [1.82, 2.24) is 15.1 Å². The second-order valence-electron chi connectivity index (χ2n) is 5.96. The Bertz CT molecular complexity index is 553. The van der Waals surface area contributed by atoms with Gasteiger partial charge in [-0.15, -0.1) is 0 Å². The monoisotopic (exact) mass is 269 g/mol. The molecule has 1 aliphatic carbocycles. The third-order valence-corrected chi connectivity index (χ3v) is 3.79. The lowest BCUT2D eigenvalue weighted by Gasteiger charge is -2.11. The summed E-state index contributed by atoms with van der Waals surface area (Å²) in [5, 5.41) is 8.30. The molecule has 1 fully saturated rings. The van der Waals surface area contributed by atoms with Crippen LogP contribution in [0.25, 0.3) is 0 Å². The molecule has 1 N–H and O–H groups in total. The van der Waals surface area contributed by atoms with Crippen LogP contribution < -0.4 is 5.32 Å². The molecule has 0 radical (unpaired) electrons. The van der Waals surface area contributed by atoms with E-state index in [1.165, 1.54) is 29.8 Å². The van der Waals surface area contributed by atoms with Crippen molar-refractivity contribution >= 4 is 0 Å². The van der Waals surface area contributed by atoms with E-state index in [0.717, 1.165) is 19.0 Å². The Labute approximate surface area is 121 Å². The van der Waals surface area contributed by atoms with E-state index in [9.17, 15) is 0 Å². The van der Waals surface area contributed by atoms with E-state index in [2.05, 4.69) is 60.2 Å². The first-order valence-corrected chi connectivity index (χ1v) is 7.57. The maximum absolute atomic E-state index is 4.77. The van der Waals surface area contributed by atoms with Crippen LogP contribution in [0.2, 0.25) is 0 Å². The molecule has 1 heterocycles. The number of aromatic nitrogens is 2. The molecule has 3 rings (SSSR count). The zero-order valence-electron chi connectivity index (χ0n) is 12.3. The standard InChI is InChI=1S/C17H23N3/c1-13(2)20-16(10-17(19-20)15-8-9-15)12-18-11-14-6-4-3-5-7-14/h3-7,10,13,15,18H,8-9,11-12H2,1-2H3. The second-order valence-corrected chi connectivity index (χ2v) is 5.96. The summed E-state index contributed by atoms with van der Waals surface area (Å²) in [5.41, 5.74) is 3.92. The van der Waals surface area contributed by atoms with E-state index in [4.69, 9.17) is 5.10 Å². The normalized spacial score (nSPS) is 14.9. The van der Waals surface area contributed by atoms with E-state index >= 15 is 0 Å². The van der Waals surface area contributed by atoms with Crippen LogP contribution in [0, 0.1) is 0 Å². The van der Waals surface area contributed by atoms with Crippen molar-refractivity contribution in [2.45, 2.75) is 51.7 Å². The van der Waals surface area contributed by atoms with Gasteiger partial charge in [-0.1, -0.05) is 30.3 Å². The van der Waals surface area contributed by atoms with E-state index in [1.807, 2.05) is 0 Å². The Balaban J connectivity index is 1.64. The molecule has 0 saturated heterocycles. The molecule has 0 aliphatic heterocycles. The molecular formula is C17H23N3. The lowest BCUT2D eigenvalue weighted by molar-refractivity contribution is 0.491. The van der Waals surface area contributed by atoms with Gasteiger partial charge in [0.25, 0.3) is 0 Å². The van der Waals surface area contributed by atoms with Gasteiger partial charge in [0.05, 0.1) is 11.4 Å². The number of benzene rings is 1. The summed E-state index contributed by atoms with van der Waals surface area (Å²) >= 11 is 0. The lowest BCUT2D eigenvalue weighted by Crippen LogP contribution is -2.17. The van der Waals surface area contributed by atoms with Crippen LogP contribution in [0.1, 0.15) is 55.6 Å². The zero-order valence-corrected chi connectivity index (χ0v) is 12.3. The highest BCUT2D eigenvalue weighted by Gasteiger charge is 2.27. The number of rotatable bonds is 6. The quantitative estimate of drug-likeness (QED) is 0.868. The smallest absolute Gasteiger partial charge is 0.0659 e. The van der Waals surface area contributed by atoms with Gasteiger partial charge in [0.15, 0.2) is 0 Å². The Morgan fingerprint density at radius 1 is 1.20 bits per heavy atom. The highest BCUT2D eigenvalue weighted by atomic mass is 15.3. The van der Waals surface area contributed by atoms with Gasteiger partial charge in [-0.25, -0.2) is 0 Å². The maximum atomic E-state index is 4.77. The van der Waals surface area contributed by atoms with E-state index < -0.39 is 0 Å². The number of hydrogen-bond donors (Lipinski definition) is 1. The predicted octanol–water partition coefficient (Wildman–Crippen LogP) is 3.63. The van der Waals surface area contributed by atoms with Crippen molar-refractivity contribution in [1.29, 1.82) is 0 Å². The largest absolute Gasteiger partial charge is 0.307 e. The third-order valence-electron chi connectivity index (χ3n) is 3.79. The Morgan fingerprint density at radius 2 is 1.95 bits per heavy atom.